The molecule has 0 aliphatic carbocycles. The van der Waals surface area contributed by atoms with Crippen molar-refractivity contribution in [2.75, 3.05) is 13.2 Å². The number of ether oxygens (including phenoxy) is 2. The van der Waals surface area contributed by atoms with E-state index in [1.165, 1.54) is 0 Å². The van der Waals surface area contributed by atoms with Crippen molar-refractivity contribution in [3.8, 4) is 12.1 Å². The number of benzene rings is 3. The zero-order chi connectivity index (χ0) is 30.5. The fraction of sp³-hybridized carbons (Fsp3) is 0.444. The van der Waals surface area contributed by atoms with Crippen molar-refractivity contribution in [2.24, 2.45) is 11.8 Å². The van der Waals surface area contributed by atoms with Crippen LogP contribution in [0.15, 0.2) is 48.5 Å². The molecular weight excluding hydrogens is 524 g/mol. The Hall–Kier alpha value is -4.16. The Morgan fingerprint density at radius 1 is 0.643 bits per heavy atom. The molecule has 0 aromatic heterocycles. The van der Waals surface area contributed by atoms with Gasteiger partial charge < -0.3 is 9.47 Å². The highest BCUT2D eigenvalue weighted by atomic mass is 16.5. The van der Waals surface area contributed by atoms with Crippen molar-refractivity contribution < 1.29 is 19.1 Å². The summed E-state index contributed by atoms with van der Waals surface area (Å²) in [7, 11) is 0. The van der Waals surface area contributed by atoms with E-state index >= 15 is 0 Å². The first-order chi connectivity index (χ1) is 20.4. The van der Waals surface area contributed by atoms with Crippen molar-refractivity contribution in [3.63, 3.8) is 0 Å². The number of fused-ring (bicyclic) bond motifs is 2. The number of carbonyl (C=O) groups is 2. The highest BCUT2D eigenvalue weighted by molar-refractivity contribution is 6.16. The van der Waals surface area contributed by atoms with Gasteiger partial charge in [-0.3, -0.25) is 0 Å². The third kappa shape index (κ3) is 8.43. The number of unbranched alkanes of at least 4 members (excludes halogenated alkanes) is 2. The number of esters is 2. The molecule has 0 radical (unpaired) electrons. The normalized spacial score (nSPS) is 14.0. The van der Waals surface area contributed by atoms with Gasteiger partial charge in [0.05, 0.1) is 13.2 Å². The van der Waals surface area contributed by atoms with Crippen LogP contribution in [0.1, 0.15) is 79.1 Å². The molecule has 0 aliphatic heterocycles. The Balaban J connectivity index is 1.90. The molecular formula is C36H42N2O4. The molecule has 0 fully saturated rings. The van der Waals surface area contributed by atoms with Gasteiger partial charge in [0, 0.05) is 10.4 Å². The van der Waals surface area contributed by atoms with Crippen LogP contribution in [0.5, 0.6) is 0 Å². The maximum Gasteiger partial charge on any atom is 0.349 e. The lowest BCUT2D eigenvalue weighted by Gasteiger charge is -2.14. The minimum Gasteiger partial charge on any atom is -0.461 e. The van der Waals surface area contributed by atoms with Crippen molar-refractivity contribution in [3.05, 3.63) is 59.0 Å². The van der Waals surface area contributed by atoms with Crippen LogP contribution in [-0.2, 0) is 19.1 Å². The summed E-state index contributed by atoms with van der Waals surface area (Å²) < 4.78 is 11.1. The van der Waals surface area contributed by atoms with Gasteiger partial charge in [-0.2, -0.15) is 10.5 Å². The minimum atomic E-state index is -0.598. The predicted molar refractivity (Wildman–Crippen MR) is 167 cm³/mol. The predicted octanol–water partition coefficient (Wildman–Crippen LogP) is 6.86. The van der Waals surface area contributed by atoms with Crippen LogP contribution in [0.2, 0.25) is 0 Å². The van der Waals surface area contributed by atoms with Gasteiger partial charge in [0.15, 0.2) is 0 Å². The van der Waals surface area contributed by atoms with E-state index < -0.39 is 11.9 Å². The molecule has 2 unspecified atom stereocenters. The molecule has 0 N–H and O–H groups in total. The molecule has 3 aromatic carbocycles. The van der Waals surface area contributed by atoms with Crippen LogP contribution in [0.25, 0.3) is 32.7 Å². The van der Waals surface area contributed by atoms with Crippen LogP contribution in [0, 0.1) is 34.5 Å². The Kier molecular flexibility index (Phi) is 12.6. The average molecular weight is 567 g/mol. The Labute approximate surface area is 249 Å². The maximum atomic E-state index is 12.8. The number of rotatable bonds is 14. The van der Waals surface area contributed by atoms with Gasteiger partial charge in [-0.05, 0) is 70.5 Å². The van der Waals surface area contributed by atoms with Gasteiger partial charge in [0.25, 0.3) is 0 Å². The molecule has 0 saturated heterocycles. The molecule has 3 rings (SSSR count). The van der Waals surface area contributed by atoms with E-state index in [1.54, 1.807) is 12.1 Å². The van der Waals surface area contributed by atoms with Crippen molar-refractivity contribution in [1.29, 1.82) is 10.5 Å². The second-order valence-electron chi connectivity index (χ2n) is 11.0. The first-order valence-electron chi connectivity index (χ1n) is 15.2. The summed E-state index contributed by atoms with van der Waals surface area (Å²) in [6.45, 7) is 9.07. The summed E-state index contributed by atoms with van der Waals surface area (Å²) in [6, 6.07) is 18.9. The monoisotopic (exact) mass is 566 g/mol. The molecule has 3 aromatic rings. The fourth-order valence-electron chi connectivity index (χ4n) is 5.09. The van der Waals surface area contributed by atoms with E-state index in [0.717, 1.165) is 72.9 Å². The number of nitrogens with zero attached hydrogens (tertiary/aromatic N) is 2. The second kappa shape index (κ2) is 16.3. The van der Waals surface area contributed by atoms with Crippen LogP contribution in [-0.4, -0.2) is 25.2 Å². The molecule has 0 amide bonds. The summed E-state index contributed by atoms with van der Waals surface area (Å²) >= 11 is 0. The van der Waals surface area contributed by atoms with E-state index in [2.05, 4.69) is 27.7 Å². The van der Waals surface area contributed by atoms with Gasteiger partial charge >= 0.3 is 11.9 Å². The van der Waals surface area contributed by atoms with E-state index in [-0.39, 0.29) is 11.1 Å². The summed E-state index contributed by atoms with van der Waals surface area (Å²) in [5.74, 6) is -0.610. The lowest BCUT2D eigenvalue weighted by molar-refractivity contribution is -0.138. The van der Waals surface area contributed by atoms with Crippen molar-refractivity contribution in [1.82, 2.24) is 0 Å². The highest BCUT2D eigenvalue weighted by Gasteiger charge is 2.17. The van der Waals surface area contributed by atoms with E-state index in [4.69, 9.17) is 9.47 Å². The Morgan fingerprint density at radius 3 is 1.38 bits per heavy atom. The molecule has 0 heterocycles. The highest BCUT2D eigenvalue weighted by Crippen LogP contribution is 2.21. The Morgan fingerprint density at radius 2 is 1.05 bits per heavy atom. The number of hydrogen-bond acceptors (Lipinski definition) is 6. The molecule has 6 heteroatoms. The topological polar surface area (TPSA) is 100 Å². The minimum absolute atomic E-state index is 0.00975. The van der Waals surface area contributed by atoms with Crippen molar-refractivity contribution >= 4 is 44.6 Å². The molecule has 0 aliphatic rings. The van der Waals surface area contributed by atoms with Gasteiger partial charge in [-0.15, -0.1) is 0 Å². The second-order valence-corrected chi connectivity index (χ2v) is 11.0. The standard InChI is InChI=1S/C36H42N2O4/c1-5-9-11-25(7-3)23-41-35(39)33(21-37)29-15-13-27-18-32-20-30(16-14-28(32)17-31(27)19-29)34(22-38)36(40)42-24-26(8-4)12-10-6-2/h13-20,25-26H,5-12,23-24H2,1-4H3/b33-29-,34-30-. The molecule has 220 valence electrons. The van der Waals surface area contributed by atoms with E-state index in [0.29, 0.717) is 35.5 Å². The average Bonchev–Trinajstić information content (AvgIpc) is 3.01. The number of hydrogen-bond donors (Lipinski definition) is 0. The zero-order valence-corrected chi connectivity index (χ0v) is 25.4. The van der Waals surface area contributed by atoms with Crippen LogP contribution < -0.4 is 10.4 Å². The number of nitriles is 2. The molecule has 0 spiro atoms. The third-order valence-corrected chi connectivity index (χ3v) is 7.99. The lowest BCUT2D eigenvalue weighted by atomic mass is 10.00. The summed E-state index contributed by atoms with van der Waals surface area (Å²) in [5.41, 5.74) is -0.0195. The number of carbonyl (C=O) groups excluding carboxylic acids is 2. The third-order valence-electron chi connectivity index (χ3n) is 7.99. The first-order valence-corrected chi connectivity index (χ1v) is 15.2. The summed E-state index contributed by atoms with van der Waals surface area (Å²) in [6.07, 6.45) is 8.21. The lowest BCUT2D eigenvalue weighted by Crippen LogP contribution is -2.19. The quantitative estimate of drug-likeness (QED) is 0.156. The van der Waals surface area contributed by atoms with Gasteiger partial charge in [-0.25, -0.2) is 9.59 Å². The summed E-state index contributed by atoms with van der Waals surface area (Å²) in [5, 5.41) is 24.1. The van der Waals surface area contributed by atoms with E-state index in [1.807, 2.05) is 48.5 Å². The van der Waals surface area contributed by atoms with Gasteiger partial charge in [0.1, 0.15) is 23.3 Å². The summed E-state index contributed by atoms with van der Waals surface area (Å²) in [4.78, 5) is 25.6. The fourth-order valence-corrected chi connectivity index (χ4v) is 5.09. The molecule has 0 bridgehead atoms. The van der Waals surface area contributed by atoms with Crippen LogP contribution in [0.3, 0.4) is 0 Å². The molecule has 0 saturated carbocycles. The molecule has 6 nitrogen and oxygen atoms in total. The smallest absolute Gasteiger partial charge is 0.349 e. The maximum absolute atomic E-state index is 12.8. The Bertz CT molecular complexity index is 1490. The molecule has 2 atom stereocenters. The van der Waals surface area contributed by atoms with Crippen LogP contribution in [0.4, 0.5) is 0 Å². The van der Waals surface area contributed by atoms with Gasteiger partial charge in [0.2, 0.25) is 0 Å². The largest absolute Gasteiger partial charge is 0.461 e. The zero-order valence-electron chi connectivity index (χ0n) is 25.4. The van der Waals surface area contributed by atoms with Crippen LogP contribution >= 0.6 is 0 Å². The molecule has 42 heavy (non-hydrogen) atoms. The SMILES string of the molecule is CCCCC(CC)COC(=O)/C(C#N)=c1/ccc2cc3c/c(=C(/C#N)C(=O)OCC(CC)CCCC)ccc3cc2c1. The van der Waals surface area contributed by atoms with Gasteiger partial charge in [-0.1, -0.05) is 90.5 Å². The first kappa shape index (κ1) is 32.4. The van der Waals surface area contributed by atoms with E-state index in [9.17, 15) is 20.1 Å². The van der Waals surface area contributed by atoms with Crippen molar-refractivity contribution in [2.45, 2.75) is 79.1 Å².